The van der Waals surface area contributed by atoms with Gasteiger partial charge in [-0.05, 0) is 49.1 Å². The zero-order valence-electron chi connectivity index (χ0n) is 24.8. The summed E-state index contributed by atoms with van der Waals surface area (Å²) < 4.78 is 0. The van der Waals surface area contributed by atoms with Crippen molar-refractivity contribution < 1.29 is 19.5 Å². The van der Waals surface area contributed by atoms with E-state index in [-0.39, 0.29) is 30.7 Å². The van der Waals surface area contributed by atoms with Gasteiger partial charge in [0.1, 0.15) is 12.1 Å². The Labute approximate surface area is 243 Å². The van der Waals surface area contributed by atoms with E-state index in [2.05, 4.69) is 10.6 Å². The maximum absolute atomic E-state index is 13.7. The smallest absolute Gasteiger partial charge is 0.246 e. The number of thioether (sulfide) groups is 1. The van der Waals surface area contributed by atoms with E-state index in [0.29, 0.717) is 19.5 Å². The minimum atomic E-state index is -0.810. The molecule has 0 bridgehead atoms. The fourth-order valence-electron chi connectivity index (χ4n) is 4.90. The van der Waals surface area contributed by atoms with Crippen molar-refractivity contribution in [3.63, 3.8) is 0 Å². The highest BCUT2D eigenvalue weighted by molar-refractivity contribution is 8.07. The van der Waals surface area contributed by atoms with Gasteiger partial charge in [0.25, 0.3) is 0 Å². The SMILES string of the molecule is CS/C(=C(/C)N)c1ccc(CNC(=O)[C@@H]2C[C@@H](O)CN2C(=O)[C@@H](NC(=O)CCCCCCCN)C(C)(C)C)cc1. The van der Waals surface area contributed by atoms with Crippen LogP contribution in [0.1, 0.15) is 83.8 Å². The summed E-state index contributed by atoms with van der Waals surface area (Å²) in [7, 11) is 0. The van der Waals surface area contributed by atoms with Gasteiger partial charge < -0.3 is 32.1 Å². The molecule has 3 amide bonds. The molecule has 1 aliphatic heterocycles. The van der Waals surface area contributed by atoms with E-state index in [1.54, 1.807) is 11.8 Å². The molecule has 1 aliphatic rings. The molecule has 0 aliphatic carbocycles. The average molecular weight is 576 g/mol. The number of nitrogens with two attached hydrogens (primary N) is 2. The van der Waals surface area contributed by atoms with Crippen LogP contribution in [0.15, 0.2) is 30.0 Å². The number of aliphatic hydroxyl groups is 1. The molecule has 40 heavy (non-hydrogen) atoms. The van der Waals surface area contributed by atoms with Crippen LogP contribution in [-0.4, -0.2) is 65.3 Å². The number of unbranched alkanes of at least 4 members (excludes halogenated alkanes) is 4. The number of benzene rings is 1. The van der Waals surface area contributed by atoms with E-state index in [4.69, 9.17) is 11.5 Å². The molecule has 0 unspecified atom stereocenters. The predicted molar refractivity (Wildman–Crippen MR) is 163 cm³/mol. The molecule has 2 rings (SSSR count). The van der Waals surface area contributed by atoms with Crippen molar-refractivity contribution in [1.29, 1.82) is 0 Å². The fraction of sp³-hybridized carbons (Fsp3) is 0.633. The summed E-state index contributed by atoms with van der Waals surface area (Å²) in [5.74, 6) is -0.855. The summed E-state index contributed by atoms with van der Waals surface area (Å²) in [5, 5.41) is 16.2. The topological polar surface area (TPSA) is 151 Å². The van der Waals surface area contributed by atoms with Gasteiger partial charge in [-0.1, -0.05) is 64.3 Å². The zero-order valence-corrected chi connectivity index (χ0v) is 25.6. The van der Waals surface area contributed by atoms with E-state index in [1.165, 1.54) is 4.90 Å². The number of carbonyl (C=O) groups excluding carboxylic acids is 3. The van der Waals surface area contributed by atoms with E-state index in [1.807, 2.05) is 58.2 Å². The maximum Gasteiger partial charge on any atom is 0.246 e. The Hall–Kier alpha value is -2.56. The van der Waals surface area contributed by atoms with Crippen molar-refractivity contribution in [2.75, 3.05) is 19.3 Å². The van der Waals surface area contributed by atoms with E-state index >= 15 is 0 Å². The van der Waals surface area contributed by atoms with E-state index in [0.717, 1.165) is 53.8 Å². The van der Waals surface area contributed by atoms with Crippen LogP contribution in [0.25, 0.3) is 4.91 Å². The lowest BCUT2D eigenvalue weighted by atomic mass is 9.85. The molecular weight excluding hydrogens is 526 g/mol. The summed E-state index contributed by atoms with van der Waals surface area (Å²) >= 11 is 1.58. The molecule has 9 nitrogen and oxygen atoms in total. The van der Waals surface area contributed by atoms with E-state index in [9.17, 15) is 19.5 Å². The molecule has 1 saturated heterocycles. The van der Waals surface area contributed by atoms with E-state index < -0.39 is 23.6 Å². The number of aliphatic hydroxyl groups excluding tert-OH is 1. The molecule has 1 aromatic carbocycles. The van der Waals surface area contributed by atoms with Crippen LogP contribution < -0.4 is 22.1 Å². The number of hydrogen-bond donors (Lipinski definition) is 5. The third kappa shape index (κ3) is 10.1. The number of nitrogens with one attached hydrogen (secondary N) is 2. The summed E-state index contributed by atoms with van der Waals surface area (Å²) in [6.45, 7) is 8.55. The lowest BCUT2D eigenvalue weighted by molar-refractivity contribution is -0.144. The first-order valence-corrected chi connectivity index (χ1v) is 15.5. The molecule has 3 atom stereocenters. The fourth-order valence-corrected chi connectivity index (χ4v) is 5.60. The van der Waals surface area contributed by atoms with Gasteiger partial charge >= 0.3 is 0 Å². The predicted octanol–water partition coefficient (Wildman–Crippen LogP) is 3.11. The Morgan fingerprint density at radius 1 is 1.10 bits per heavy atom. The van der Waals surface area contributed by atoms with Crippen LogP contribution in [-0.2, 0) is 20.9 Å². The monoisotopic (exact) mass is 575 g/mol. The Morgan fingerprint density at radius 3 is 2.30 bits per heavy atom. The highest BCUT2D eigenvalue weighted by Crippen LogP contribution is 2.28. The molecule has 1 aromatic rings. The van der Waals surface area contributed by atoms with Crippen LogP contribution in [0, 0.1) is 5.41 Å². The first-order chi connectivity index (χ1) is 18.9. The Kier molecular flexibility index (Phi) is 13.5. The van der Waals surface area contributed by atoms with Crippen molar-refractivity contribution in [3.8, 4) is 0 Å². The second-order valence-corrected chi connectivity index (χ2v) is 12.5. The van der Waals surface area contributed by atoms with Crippen LogP contribution in [0.2, 0.25) is 0 Å². The second kappa shape index (κ2) is 16.0. The summed E-state index contributed by atoms with van der Waals surface area (Å²) in [4.78, 5) is 42.0. The zero-order chi connectivity index (χ0) is 29.9. The molecule has 10 heteroatoms. The number of carbonyl (C=O) groups is 3. The summed E-state index contributed by atoms with van der Waals surface area (Å²) in [6, 6.07) is 6.19. The lowest BCUT2D eigenvalue weighted by Gasteiger charge is -2.35. The number of hydrogen-bond acceptors (Lipinski definition) is 7. The van der Waals surface area contributed by atoms with Gasteiger partial charge in [0.05, 0.1) is 6.10 Å². The molecular formula is C30H49N5O4S. The molecule has 1 heterocycles. The Bertz CT molecular complexity index is 1020. The normalized spacial score (nSPS) is 18.7. The molecule has 224 valence electrons. The van der Waals surface area contributed by atoms with Crippen molar-refractivity contribution in [3.05, 3.63) is 41.1 Å². The number of amides is 3. The highest BCUT2D eigenvalue weighted by atomic mass is 32.2. The van der Waals surface area contributed by atoms with Gasteiger partial charge in [-0.3, -0.25) is 14.4 Å². The van der Waals surface area contributed by atoms with Crippen molar-refractivity contribution in [2.45, 2.75) is 97.4 Å². The summed E-state index contributed by atoms with van der Waals surface area (Å²) in [6.07, 6.45) is 6.42. The minimum absolute atomic E-state index is 0.0530. The molecule has 0 spiro atoms. The first kappa shape index (κ1) is 33.6. The van der Waals surface area contributed by atoms with Crippen LogP contribution >= 0.6 is 11.8 Å². The van der Waals surface area contributed by atoms with Crippen LogP contribution in [0.4, 0.5) is 0 Å². The van der Waals surface area contributed by atoms with Crippen molar-refractivity contribution in [1.82, 2.24) is 15.5 Å². The lowest BCUT2D eigenvalue weighted by Crippen LogP contribution is -2.57. The number of allylic oxidation sites excluding steroid dienone is 1. The average Bonchev–Trinajstić information content (AvgIpc) is 3.29. The van der Waals surface area contributed by atoms with Crippen molar-refractivity contribution >= 4 is 34.4 Å². The van der Waals surface area contributed by atoms with Crippen molar-refractivity contribution in [2.24, 2.45) is 16.9 Å². The number of rotatable bonds is 14. The third-order valence-electron chi connectivity index (χ3n) is 7.14. The number of likely N-dealkylation sites (tertiary alicyclic amines) is 1. The standard InChI is InChI=1S/C30H49N5O4S/c1-20(32)26(40-5)22-14-12-21(13-15-22)18-33-28(38)24-17-23(36)19-35(24)29(39)27(30(2,3)4)34-25(37)11-9-7-6-8-10-16-31/h12-15,23-24,27,36H,6-11,16-19,31-32H2,1-5H3,(H,33,38)(H,34,37)/b26-20-/t23-,24+,27-/m1/s1. The second-order valence-electron chi connectivity index (χ2n) is 11.7. The van der Waals surface area contributed by atoms with Gasteiger partial charge in [-0.25, -0.2) is 0 Å². The van der Waals surface area contributed by atoms with Gasteiger partial charge in [0.15, 0.2) is 0 Å². The third-order valence-corrected chi connectivity index (χ3v) is 8.10. The van der Waals surface area contributed by atoms with Crippen LogP contribution in [0.3, 0.4) is 0 Å². The first-order valence-electron chi connectivity index (χ1n) is 14.2. The molecule has 1 fully saturated rings. The quantitative estimate of drug-likeness (QED) is 0.214. The highest BCUT2D eigenvalue weighted by Gasteiger charge is 2.44. The Morgan fingerprint density at radius 2 is 1.73 bits per heavy atom. The molecule has 0 radical (unpaired) electrons. The molecule has 0 saturated carbocycles. The van der Waals surface area contributed by atoms with Crippen LogP contribution in [0.5, 0.6) is 0 Å². The maximum atomic E-state index is 13.7. The minimum Gasteiger partial charge on any atom is -0.401 e. The Balaban J connectivity index is 2.02. The van der Waals surface area contributed by atoms with Gasteiger partial charge in [-0.2, -0.15) is 0 Å². The van der Waals surface area contributed by atoms with Gasteiger partial charge in [0.2, 0.25) is 17.7 Å². The van der Waals surface area contributed by atoms with Gasteiger partial charge in [0, 0.05) is 36.5 Å². The largest absolute Gasteiger partial charge is 0.401 e. The number of β-amino-alcohol motifs (C(OH)–C–C–N with tert-alkyl or cyclic N) is 1. The summed E-state index contributed by atoms with van der Waals surface area (Å²) in [5.41, 5.74) is 13.6. The molecule has 7 N–H and O–H groups in total. The van der Waals surface area contributed by atoms with Gasteiger partial charge in [-0.15, -0.1) is 11.8 Å². The molecule has 0 aromatic heterocycles. The number of nitrogens with zero attached hydrogens (tertiary/aromatic N) is 1.